The number of benzene rings is 2. The van der Waals surface area contributed by atoms with Crippen LogP contribution in [0.5, 0.6) is 0 Å². The molecule has 176 valence electrons. The average Bonchev–Trinajstić information content (AvgIpc) is 3.27. The molecule has 2 aromatic rings. The lowest BCUT2D eigenvalue weighted by atomic mass is 10.1. The Morgan fingerprint density at radius 2 is 1.91 bits per heavy atom. The zero-order valence-electron chi connectivity index (χ0n) is 19.9. The van der Waals surface area contributed by atoms with Crippen LogP contribution in [-0.4, -0.2) is 92.6 Å². The van der Waals surface area contributed by atoms with Gasteiger partial charge >= 0.3 is 0 Å². The Bertz CT molecular complexity index is 962. The van der Waals surface area contributed by atoms with Crippen LogP contribution in [0.1, 0.15) is 21.5 Å². The number of nitrogens with one attached hydrogen (secondary N) is 1. The molecule has 2 aliphatic heterocycles. The summed E-state index contributed by atoms with van der Waals surface area (Å²) in [5.74, 6) is 0.938. The number of guanidine groups is 1. The quantitative estimate of drug-likeness (QED) is 0.541. The van der Waals surface area contributed by atoms with Crippen molar-refractivity contribution in [1.29, 1.82) is 0 Å². The second kappa shape index (κ2) is 10.8. The van der Waals surface area contributed by atoms with E-state index in [1.807, 2.05) is 25.2 Å². The molecule has 7 nitrogen and oxygen atoms in total. The number of fused-ring (bicyclic) bond motifs is 1. The van der Waals surface area contributed by atoms with Crippen molar-refractivity contribution < 1.29 is 9.53 Å². The number of likely N-dealkylation sites (tertiary alicyclic amines) is 1. The monoisotopic (exact) mass is 449 g/mol. The molecule has 2 heterocycles. The summed E-state index contributed by atoms with van der Waals surface area (Å²) in [6.45, 7) is 5.19. The van der Waals surface area contributed by atoms with Crippen molar-refractivity contribution in [3.05, 3.63) is 71.3 Å². The fourth-order valence-electron chi connectivity index (χ4n) is 4.71. The summed E-state index contributed by atoms with van der Waals surface area (Å²) in [5, 5.41) is 3.51. The third kappa shape index (κ3) is 5.72. The molecule has 2 aromatic carbocycles. The first kappa shape index (κ1) is 23.3. The van der Waals surface area contributed by atoms with Crippen LogP contribution in [0.15, 0.2) is 59.6 Å². The lowest BCUT2D eigenvalue weighted by molar-refractivity contribution is -0.0502. The highest BCUT2D eigenvalue weighted by molar-refractivity contribution is 5.94. The summed E-state index contributed by atoms with van der Waals surface area (Å²) in [7, 11) is 5.39. The SMILES string of the molecule is CN=C(NCCc1cccc(C(=O)N(C)C)c1)N1CC2OCCN(Cc3ccccc3)C2C1. The largest absolute Gasteiger partial charge is 0.373 e. The first-order chi connectivity index (χ1) is 16.0. The second-order valence-electron chi connectivity index (χ2n) is 8.96. The molecule has 0 aliphatic carbocycles. The summed E-state index contributed by atoms with van der Waals surface area (Å²) >= 11 is 0. The Kier molecular flexibility index (Phi) is 7.62. The Balaban J connectivity index is 1.32. The summed E-state index contributed by atoms with van der Waals surface area (Å²) in [5.41, 5.74) is 3.20. The normalized spacial score (nSPS) is 21.1. The van der Waals surface area contributed by atoms with Crippen molar-refractivity contribution in [2.75, 3.05) is 53.9 Å². The van der Waals surface area contributed by atoms with Gasteiger partial charge in [0, 0.05) is 59.4 Å². The van der Waals surface area contributed by atoms with Crippen molar-refractivity contribution in [3.8, 4) is 0 Å². The molecule has 2 atom stereocenters. The van der Waals surface area contributed by atoms with Crippen molar-refractivity contribution in [2.45, 2.75) is 25.1 Å². The minimum atomic E-state index is 0.0281. The topological polar surface area (TPSA) is 60.4 Å². The lowest BCUT2D eigenvalue weighted by Gasteiger charge is -2.36. The highest BCUT2D eigenvalue weighted by Crippen LogP contribution is 2.24. The lowest BCUT2D eigenvalue weighted by Crippen LogP contribution is -2.50. The van der Waals surface area contributed by atoms with Crippen LogP contribution in [0.3, 0.4) is 0 Å². The number of aliphatic imine (C=N–C) groups is 1. The molecular weight excluding hydrogens is 414 g/mol. The molecule has 0 saturated carbocycles. The molecule has 33 heavy (non-hydrogen) atoms. The van der Waals surface area contributed by atoms with Crippen molar-refractivity contribution in [1.82, 2.24) is 20.0 Å². The van der Waals surface area contributed by atoms with Gasteiger partial charge in [-0.3, -0.25) is 14.7 Å². The van der Waals surface area contributed by atoms with E-state index >= 15 is 0 Å². The Labute approximate surface area is 197 Å². The smallest absolute Gasteiger partial charge is 0.253 e. The van der Waals surface area contributed by atoms with Crippen molar-refractivity contribution in [2.24, 2.45) is 4.99 Å². The number of nitrogens with zero attached hydrogens (tertiary/aromatic N) is 4. The third-order valence-corrected chi connectivity index (χ3v) is 6.43. The molecule has 0 aromatic heterocycles. The van der Waals surface area contributed by atoms with Crippen LogP contribution in [0.4, 0.5) is 0 Å². The maximum absolute atomic E-state index is 12.2. The summed E-state index contributed by atoms with van der Waals surface area (Å²) in [4.78, 5) is 23.2. The van der Waals surface area contributed by atoms with E-state index in [0.29, 0.717) is 6.04 Å². The molecule has 2 aliphatic rings. The third-order valence-electron chi connectivity index (χ3n) is 6.43. The predicted molar refractivity (Wildman–Crippen MR) is 131 cm³/mol. The zero-order chi connectivity index (χ0) is 23.2. The zero-order valence-corrected chi connectivity index (χ0v) is 19.9. The van der Waals surface area contributed by atoms with E-state index in [-0.39, 0.29) is 12.0 Å². The minimum Gasteiger partial charge on any atom is -0.373 e. The van der Waals surface area contributed by atoms with Crippen LogP contribution >= 0.6 is 0 Å². The summed E-state index contributed by atoms with van der Waals surface area (Å²) in [6, 6.07) is 18.9. The van der Waals surface area contributed by atoms with Crippen molar-refractivity contribution in [3.63, 3.8) is 0 Å². The van der Waals surface area contributed by atoms with Gasteiger partial charge in [-0.1, -0.05) is 42.5 Å². The van der Waals surface area contributed by atoms with Crippen LogP contribution in [0.2, 0.25) is 0 Å². The molecular formula is C26H35N5O2. The standard InChI is InChI=1S/C26H35N5O2/c1-27-26(28-13-12-20-10-7-11-22(16-20)25(32)29(2)3)31-18-23-24(19-31)33-15-14-30(23)17-21-8-5-4-6-9-21/h4-11,16,23-24H,12-15,17-19H2,1-3H3,(H,27,28). The van der Waals surface area contributed by atoms with E-state index in [9.17, 15) is 4.79 Å². The molecule has 0 spiro atoms. The van der Waals surface area contributed by atoms with Crippen LogP contribution < -0.4 is 5.32 Å². The maximum atomic E-state index is 12.2. The van der Waals surface area contributed by atoms with E-state index in [0.717, 1.165) is 62.8 Å². The number of morpholine rings is 1. The maximum Gasteiger partial charge on any atom is 0.253 e. The molecule has 0 bridgehead atoms. The molecule has 1 amide bonds. The number of ether oxygens (including phenoxy) is 1. The fourth-order valence-corrected chi connectivity index (χ4v) is 4.71. The van der Waals surface area contributed by atoms with Crippen LogP contribution in [-0.2, 0) is 17.7 Å². The summed E-state index contributed by atoms with van der Waals surface area (Å²) in [6.07, 6.45) is 1.03. The van der Waals surface area contributed by atoms with E-state index in [1.54, 1.807) is 19.0 Å². The van der Waals surface area contributed by atoms with Gasteiger partial charge in [0.15, 0.2) is 5.96 Å². The van der Waals surface area contributed by atoms with Gasteiger partial charge in [-0.05, 0) is 29.7 Å². The molecule has 7 heteroatoms. The highest BCUT2D eigenvalue weighted by Gasteiger charge is 2.41. The number of carbonyl (C=O) groups is 1. The number of carbonyl (C=O) groups excluding carboxylic acids is 1. The number of hydrogen-bond donors (Lipinski definition) is 1. The molecule has 4 rings (SSSR count). The minimum absolute atomic E-state index is 0.0281. The van der Waals surface area contributed by atoms with Gasteiger partial charge < -0.3 is 19.9 Å². The van der Waals surface area contributed by atoms with Gasteiger partial charge in [-0.15, -0.1) is 0 Å². The fraction of sp³-hybridized carbons (Fsp3) is 0.462. The highest BCUT2D eigenvalue weighted by atomic mass is 16.5. The molecule has 2 unspecified atom stereocenters. The van der Waals surface area contributed by atoms with E-state index in [4.69, 9.17) is 4.74 Å². The van der Waals surface area contributed by atoms with Gasteiger partial charge in [0.05, 0.1) is 18.8 Å². The molecule has 2 fully saturated rings. The van der Waals surface area contributed by atoms with E-state index < -0.39 is 0 Å². The Hall–Kier alpha value is -2.90. The van der Waals surface area contributed by atoms with Gasteiger partial charge in [0.1, 0.15) is 0 Å². The van der Waals surface area contributed by atoms with Gasteiger partial charge in [-0.25, -0.2) is 0 Å². The number of rotatable bonds is 6. The van der Waals surface area contributed by atoms with Crippen LogP contribution in [0, 0.1) is 0 Å². The van der Waals surface area contributed by atoms with Gasteiger partial charge in [-0.2, -0.15) is 0 Å². The number of amides is 1. The van der Waals surface area contributed by atoms with Gasteiger partial charge in [0.25, 0.3) is 5.91 Å². The van der Waals surface area contributed by atoms with E-state index in [2.05, 4.69) is 56.5 Å². The van der Waals surface area contributed by atoms with Crippen molar-refractivity contribution >= 4 is 11.9 Å². The van der Waals surface area contributed by atoms with Gasteiger partial charge in [0.2, 0.25) is 0 Å². The Morgan fingerprint density at radius 3 is 2.67 bits per heavy atom. The molecule has 0 radical (unpaired) electrons. The Morgan fingerprint density at radius 1 is 1.12 bits per heavy atom. The summed E-state index contributed by atoms with van der Waals surface area (Å²) < 4.78 is 6.12. The predicted octanol–water partition coefficient (Wildman–Crippen LogP) is 2.09. The molecule has 1 N–H and O–H groups in total. The first-order valence-electron chi connectivity index (χ1n) is 11.7. The van der Waals surface area contributed by atoms with E-state index in [1.165, 1.54) is 5.56 Å². The first-order valence-corrected chi connectivity index (χ1v) is 11.7. The average molecular weight is 450 g/mol. The second-order valence-corrected chi connectivity index (χ2v) is 8.96. The number of hydrogen-bond acceptors (Lipinski definition) is 4. The van der Waals surface area contributed by atoms with Crippen LogP contribution in [0.25, 0.3) is 0 Å². The molecule has 2 saturated heterocycles.